The van der Waals surface area contributed by atoms with E-state index in [0.717, 1.165) is 19.4 Å². The number of amides is 2. The lowest BCUT2D eigenvalue weighted by Gasteiger charge is -2.23. The van der Waals surface area contributed by atoms with Gasteiger partial charge in [0.1, 0.15) is 6.04 Å². The van der Waals surface area contributed by atoms with Gasteiger partial charge in [0.05, 0.1) is 10.6 Å². The van der Waals surface area contributed by atoms with Gasteiger partial charge in [-0.1, -0.05) is 37.6 Å². The molecule has 0 spiro atoms. The SMILES string of the molecule is CC(C)C(NC(=O)c1ccccc1Cl)C(=O)NCC1CCCN1.Cl. The zero-order valence-electron chi connectivity index (χ0n) is 14.0. The van der Waals surface area contributed by atoms with Crippen LogP contribution in [0.1, 0.15) is 37.0 Å². The van der Waals surface area contributed by atoms with Crippen LogP contribution in [0.2, 0.25) is 5.02 Å². The number of carbonyl (C=O) groups is 2. The molecule has 1 aromatic rings. The lowest BCUT2D eigenvalue weighted by molar-refractivity contribution is -0.124. The normalized spacial score (nSPS) is 17.9. The van der Waals surface area contributed by atoms with E-state index in [0.29, 0.717) is 23.2 Å². The maximum absolute atomic E-state index is 12.4. The summed E-state index contributed by atoms with van der Waals surface area (Å²) < 4.78 is 0. The Balaban J connectivity index is 0.00000288. The van der Waals surface area contributed by atoms with Crippen LogP contribution in [0.25, 0.3) is 0 Å². The van der Waals surface area contributed by atoms with Gasteiger partial charge in [-0.05, 0) is 37.4 Å². The minimum Gasteiger partial charge on any atom is -0.353 e. The molecule has 2 atom stereocenters. The maximum atomic E-state index is 12.4. The smallest absolute Gasteiger partial charge is 0.253 e. The van der Waals surface area contributed by atoms with Crippen LogP contribution < -0.4 is 16.0 Å². The fraction of sp³-hybridized carbons (Fsp3) is 0.529. The summed E-state index contributed by atoms with van der Waals surface area (Å²) in [4.78, 5) is 24.8. The van der Waals surface area contributed by atoms with Crippen molar-refractivity contribution >= 4 is 35.8 Å². The van der Waals surface area contributed by atoms with Gasteiger partial charge >= 0.3 is 0 Å². The van der Waals surface area contributed by atoms with Crippen LogP contribution in [0.15, 0.2) is 24.3 Å². The molecule has 1 fully saturated rings. The molecule has 0 bridgehead atoms. The number of hydrogen-bond donors (Lipinski definition) is 3. The third-order valence-electron chi connectivity index (χ3n) is 4.04. The van der Waals surface area contributed by atoms with E-state index in [4.69, 9.17) is 11.6 Å². The fourth-order valence-electron chi connectivity index (χ4n) is 2.66. The molecule has 5 nitrogen and oxygen atoms in total. The van der Waals surface area contributed by atoms with Crippen molar-refractivity contribution in [3.63, 3.8) is 0 Å². The Labute approximate surface area is 154 Å². The molecule has 1 aromatic carbocycles. The third-order valence-corrected chi connectivity index (χ3v) is 4.37. The molecule has 0 aliphatic carbocycles. The number of carbonyl (C=O) groups excluding carboxylic acids is 2. The van der Waals surface area contributed by atoms with Gasteiger partial charge in [-0.25, -0.2) is 0 Å². The van der Waals surface area contributed by atoms with E-state index in [2.05, 4.69) is 16.0 Å². The Kier molecular flexibility index (Phi) is 8.53. The Morgan fingerprint density at radius 3 is 2.62 bits per heavy atom. The number of hydrogen-bond acceptors (Lipinski definition) is 3. The van der Waals surface area contributed by atoms with Gasteiger partial charge < -0.3 is 16.0 Å². The van der Waals surface area contributed by atoms with E-state index in [9.17, 15) is 9.59 Å². The van der Waals surface area contributed by atoms with E-state index in [-0.39, 0.29) is 30.1 Å². The van der Waals surface area contributed by atoms with Crippen molar-refractivity contribution in [1.82, 2.24) is 16.0 Å². The molecular weight excluding hydrogens is 349 g/mol. The highest BCUT2D eigenvalue weighted by atomic mass is 35.5. The maximum Gasteiger partial charge on any atom is 0.253 e. The monoisotopic (exact) mass is 373 g/mol. The van der Waals surface area contributed by atoms with Crippen molar-refractivity contribution in [2.75, 3.05) is 13.1 Å². The summed E-state index contributed by atoms with van der Waals surface area (Å²) in [6.45, 7) is 5.40. The first kappa shape index (κ1) is 20.7. The molecule has 1 heterocycles. The fourth-order valence-corrected chi connectivity index (χ4v) is 2.89. The molecule has 1 saturated heterocycles. The van der Waals surface area contributed by atoms with Crippen molar-refractivity contribution in [1.29, 1.82) is 0 Å². The summed E-state index contributed by atoms with van der Waals surface area (Å²) in [5, 5.41) is 9.43. The Bertz CT molecular complexity index is 561. The number of nitrogens with one attached hydrogen (secondary N) is 3. The van der Waals surface area contributed by atoms with Crippen LogP contribution in [-0.2, 0) is 4.79 Å². The quantitative estimate of drug-likeness (QED) is 0.716. The summed E-state index contributed by atoms with van der Waals surface area (Å²) >= 11 is 6.04. The predicted octanol–water partition coefficient (Wildman–Crippen LogP) is 2.38. The lowest BCUT2D eigenvalue weighted by atomic mass is 10.0. The average molecular weight is 374 g/mol. The molecule has 0 saturated carbocycles. The lowest BCUT2D eigenvalue weighted by Crippen LogP contribution is -2.51. The molecule has 0 radical (unpaired) electrons. The van der Waals surface area contributed by atoms with Gasteiger partial charge in [-0.2, -0.15) is 0 Å². The second kappa shape index (κ2) is 9.87. The molecule has 3 N–H and O–H groups in total. The van der Waals surface area contributed by atoms with E-state index in [1.807, 2.05) is 13.8 Å². The summed E-state index contributed by atoms with van der Waals surface area (Å²) in [7, 11) is 0. The van der Waals surface area contributed by atoms with Crippen LogP contribution in [-0.4, -0.2) is 37.0 Å². The molecule has 2 amide bonds. The van der Waals surface area contributed by atoms with Gasteiger partial charge in [0.15, 0.2) is 0 Å². The number of benzene rings is 1. The zero-order valence-corrected chi connectivity index (χ0v) is 15.5. The molecule has 1 aliphatic heterocycles. The Morgan fingerprint density at radius 1 is 1.33 bits per heavy atom. The molecule has 7 heteroatoms. The van der Waals surface area contributed by atoms with Crippen LogP contribution >= 0.6 is 24.0 Å². The third kappa shape index (κ3) is 5.65. The van der Waals surface area contributed by atoms with E-state index >= 15 is 0 Å². The summed E-state index contributed by atoms with van der Waals surface area (Å²) in [6, 6.07) is 6.56. The number of rotatable bonds is 6. The second-order valence-corrected chi connectivity index (χ2v) is 6.62. The molecule has 1 aliphatic rings. The number of halogens is 2. The molecular formula is C17H25Cl2N3O2. The van der Waals surface area contributed by atoms with E-state index in [1.54, 1.807) is 24.3 Å². The standard InChI is InChI=1S/C17H24ClN3O2.ClH/c1-11(2)15(17(23)20-10-12-6-5-9-19-12)21-16(22)13-7-3-4-8-14(13)18;/h3-4,7-8,11-12,15,19H,5-6,9-10H2,1-2H3,(H,20,23)(H,21,22);1H. The summed E-state index contributed by atoms with van der Waals surface area (Å²) in [5.41, 5.74) is 0.380. The zero-order chi connectivity index (χ0) is 16.8. The van der Waals surface area contributed by atoms with E-state index in [1.165, 1.54) is 0 Å². The van der Waals surface area contributed by atoms with Crippen molar-refractivity contribution in [2.24, 2.45) is 5.92 Å². The highest BCUT2D eigenvalue weighted by molar-refractivity contribution is 6.33. The van der Waals surface area contributed by atoms with Crippen LogP contribution in [0.5, 0.6) is 0 Å². The van der Waals surface area contributed by atoms with Gasteiger partial charge in [0.2, 0.25) is 5.91 Å². The predicted molar refractivity (Wildman–Crippen MR) is 98.8 cm³/mol. The topological polar surface area (TPSA) is 70.2 Å². The molecule has 24 heavy (non-hydrogen) atoms. The van der Waals surface area contributed by atoms with Crippen molar-refractivity contribution in [3.8, 4) is 0 Å². The second-order valence-electron chi connectivity index (χ2n) is 6.21. The van der Waals surface area contributed by atoms with Crippen molar-refractivity contribution in [2.45, 2.75) is 38.8 Å². The largest absolute Gasteiger partial charge is 0.353 e. The first-order valence-electron chi connectivity index (χ1n) is 8.05. The highest BCUT2D eigenvalue weighted by Gasteiger charge is 2.26. The minimum absolute atomic E-state index is 0. The molecule has 134 valence electrons. The first-order chi connectivity index (χ1) is 11.0. The van der Waals surface area contributed by atoms with Crippen molar-refractivity contribution < 1.29 is 9.59 Å². The van der Waals surface area contributed by atoms with Gasteiger partial charge in [-0.15, -0.1) is 12.4 Å². The Morgan fingerprint density at radius 2 is 2.04 bits per heavy atom. The van der Waals surface area contributed by atoms with Crippen LogP contribution in [0.3, 0.4) is 0 Å². The minimum atomic E-state index is -0.583. The summed E-state index contributed by atoms with van der Waals surface area (Å²) in [6.07, 6.45) is 2.20. The first-order valence-corrected chi connectivity index (χ1v) is 8.43. The van der Waals surface area contributed by atoms with Crippen molar-refractivity contribution in [3.05, 3.63) is 34.9 Å². The van der Waals surface area contributed by atoms with Gasteiger partial charge in [0, 0.05) is 12.6 Å². The molecule has 2 rings (SSSR count). The van der Waals surface area contributed by atoms with Gasteiger partial charge in [-0.3, -0.25) is 9.59 Å². The van der Waals surface area contributed by atoms with Crippen LogP contribution in [0.4, 0.5) is 0 Å². The van der Waals surface area contributed by atoms with E-state index < -0.39 is 6.04 Å². The van der Waals surface area contributed by atoms with Crippen LogP contribution in [0, 0.1) is 5.92 Å². The molecule has 2 unspecified atom stereocenters. The highest BCUT2D eigenvalue weighted by Crippen LogP contribution is 2.15. The summed E-state index contributed by atoms with van der Waals surface area (Å²) in [5.74, 6) is -0.504. The average Bonchev–Trinajstić information content (AvgIpc) is 3.03. The Hall–Kier alpha value is -1.30. The van der Waals surface area contributed by atoms with Gasteiger partial charge in [0.25, 0.3) is 5.91 Å². The molecule has 0 aromatic heterocycles.